The normalized spacial score (nSPS) is 12.3. The van der Waals surface area contributed by atoms with Gasteiger partial charge in [0.15, 0.2) is 0 Å². The van der Waals surface area contributed by atoms with Gasteiger partial charge in [-0.3, -0.25) is 4.18 Å². The molecule has 150 valence electrons. The molecular weight excluding hydrogens is 368 g/mol. The Hall–Kier alpha value is -0.720. The molecule has 0 saturated carbocycles. The fraction of sp³-hybridized carbons (Fsp3) is 0.700. The SMILES string of the molecule is CCCOc1ccc(SCC(CCC)(CCC)COS(C)(=O)=O)cc1C. The molecule has 0 amide bonds. The van der Waals surface area contributed by atoms with Gasteiger partial charge < -0.3 is 4.74 Å². The second-order valence-corrected chi connectivity index (χ2v) is 9.72. The van der Waals surface area contributed by atoms with Gasteiger partial charge in [0, 0.05) is 16.1 Å². The Balaban J connectivity index is 2.85. The summed E-state index contributed by atoms with van der Waals surface area (Å²) >= 11 is 1.77. The summed E-state index contributed by atoms with van der Waals surface area (Å²) in [7, 11) is -3.42. The lowest BCUT2D eigenvalue weighted by Gasteiger charge is -2.32. The van der Waals surface area contributed by atoms with E-state index >= 15 is 0 Å². The summed E-state index contributed by atoms with van der Waals surface area (Å²) in [6, 6.07) is 6.26. The van der Waals surface area contributed by atoms with Crippen molar-refractivity contribution in [3.63, 3.8) is 0 Å². The molecule has 6 heteroatoms. The van der Waals surface area contributed by atoms with Crippen LogP contribution in [0.25, 0.3) is 0 Å². The Morgan fingerprint density at radius 1 is 1.08 bits per heavy atom. The summed E-state index contributed by atoms with van der Waals surface area (Å²) in [5.74, 6) is 1.78. The van der Waals surface area contributed by atoms with Crippen LogP contribution in [0.5, 0.6) is 5.75 Å². The van der Waals surface area contributed by atoms with Gasteiger partial charge >= 0.3 is 0 Å². The summed E-state index contributed by atoms with van der Waals surface area (Å²) in [6.45, 7) is 9.43. The van der Waals surface area contributed by atoms with E-state index in [2.05, 4.69) is 39.8 Å². The van der Waals surface area contributed by atoms with Crippen molar-refractivity contribution in [1.82, 2.24) is 0 Å². The maximum absolute atomic E-state index is 11.5. The number of hydrogen-bond acceptors (Lipinski definition) is 5. The van der Waals surface area contributed by atoms with Gasteiger partial charge in [-0.2, -0.15) is 8.42 Å². The zero-order chi connectivity index (χ0) is 19.6. The highest BCUT2D eigenvalue weighted by Crippen LogP contribution is 2.38. The molecule has 0 aromatic heterocycles. The van der Waals surface area contributed by atoms with Crippen LogP contribution in [0, 0.1) is 12.3 Å². The van der Waals surface area contributed by atoms with Crippen molar-refractivity contribution < 1.29 is 17.3 Å². The van der Waals surface area contributed by atoms with Gasteiger partial charge in [0.05, 0.1) is 19.5 Å². The zero-order valence-electron chi connectivity index (χ0n) is 16.8. The van der Waals surface area contributed by atoms with Gasteiger partial charge in [-0.25, -0.2) is 0 Å². The van der Waals surface area contributed by atoms with E-state index in [1.54, 1.807) is 11.8 Å². The third kappa shape index (κ3) is 8.31. The highest BCUT2D eigenvalue weighted by molar-refractivity contribution is 7.99. The van der Waals surface area contributed by atoms with E-state index in [1.807, 2.05) is 6.07 Å². The van der Waals surface area contributed by atoms with Gasteiger partial charge in [0.1, 0.15) is 5.75 Å². The monoisotopic (exact) mass is 402 g/mol. The van der Waals surface area contributed by atoms with Crippen molar-refractivity contribution in [3.05, 3.63) is 23.8 Å². The minimum Gasteiger partial charge on any atom is -0.493 e. The van der Waals surface area contributed by atoms with Crippen molar-refractivity contribution in [2.45, 2.75) is 64.7 Å². The Morgan fingerprint density at radius 2 is 1.73 bits per heavy atom. The van der Waals surface area contributed by atoms with Crippen LogP contribution in [0.4, 0.5) is 0 Å². The van der Waals surface area contributed by atoms with Crippen LogP contribution < -0.4 is 4.74 Å². The number of aryl methyl sites for hydroxylation is 1. The second-order valence-electron chi connectivity index (χ2n) is 7.03. The molecule has 1 rings (SSSR count). The van der Waals surface area contributed by atoms with Crippen LogP contribution >= 0.6 is 11.8 Å². The molecule has 0 aliphatic carbocycles. The topological polar surface area (TPSA) is 52.6 Å². The van der Waals surface area contributed by atoms with E-state index < -0.39 is 10.1 Å². The van der Waals surface area contributed by atoms with Crippen LogP contribution in [0.3, 0.4) is 0 Å². The van der Waals surface area contributed by atoms with Gasteiger partial charge in [0.2, 0.25) is 0 Å². The lowest BCUT2D eigenvalue weighted by Crippen LogP contribution is -2.31. The summed E-state index contributed by atoms with van der Waals surface area (Å²) in [4.78, 5) is 1.18. The third-order valence-corrected chi connectivity index (χ3v) is 6.18. The lowest BCUT2D eigenvalue weighted by molar-refractivity contribution is 0.149. The van der Waals surface area contributed by atoms with Crippen LogP contribution in [0.1, 0.15) is 58.4 Å². The molecule has 1 aromatic carbocycles. The molecule has 0 N–H and O–H groups in total. The molecule has 4 nitrogen and oxygen atoms in total. The van der Waals surface area contributed by atoms with Gasteiger partial charge in [-0.15, -0.1) is 11.8 Å². The summed E-state index contributed by atoms with van der Waals surface area (Å²) in [5, 5.41) is 0. The first kappa shape index (κ1) is 23.3. The first-order chi connectivity index (χ1) is 12.2. The molecule has 0 aliphatic rings. The van der Waals surface area contributed by atoms with E-state index in [1.165, 1.54) is 4.90 Å². The van der Waals surface area contributed by atoms with E-state index in [0.29, 0.717) is 0 Å². The number of thioether (sulfide) groups is 1. The molecule has 26 heavy (non-hydrogen) atoms. The first-order valence-corrected chi connectivity index (χ1v) is 12.3. The van der Waals surface area contributed by atoms with E-state index in [-0.39, 0.29) is 12.0 Å². The third-order valence-electron chi connectivity index (χ3n) is 4.29. The van der Waals surface area contributed by atoms with E-state index in [4.69, 9.17) is 8.92 Å². The predicted octanol–water partition coefficient (Wildman–Crippen LogP) is 5.44. The van der Waals surface area contributed by atoms with Gasteiger partial charge in [0.25, 0.3) is 10.1 Å². The first-order valence-electron chi connectivity index (χ1n) is 9.46. The van der Waals surface area contributed by atoms with Crippen molar-refractivity contribution in [3.8, 4) is 5.75 Å². The molecule has 0 heterocycles. The average molecular weight is 403 g/mol. The molecule has 0 saturated heterocycles. The number of rotatable bonds is 13. The Morgan fingerprint density at radius 3 is 2.23 bits per heavy atom. The largest absolute Gasteiger partial charge is 0.493 e. The van der Waals surface area contributed by atoms with Crippen LogP contribution in [0.15, 0.2) is 23.1 Å². The number of hydrogen-bond donors (Lipinski definition) is 0. The van der Waals surface area contributed by atoms with Crippen molar-refractivity contribution in [1.29, 1.82) is 0 Å². The smallest absolute Gasteiger partial charge is 0.264 e. The van der Waals surface area contributed by atoms with Crippen molar-refractivity contribution in [2.24, 2.45) is 5.41 Å². The molecule has 0 bridgehead atoms. The lowest BCUT2D eigenvalue weighted by atomic mass is 9.82. The van der Waals surface area contributed by atoms with E-state index in [0.717, 1.165) is 62.0 Å². The van der Waals surface area contributed by atoms with Crippen LogP contribution in [-0.2, 0) is 14.3 Å². The molecule has 0 fully saturated rings. The second kappa shape index (κ2) is 11.2. The molecule has 0 atom stereocenters. The van der Waals surface area contributed by atoms with Crippen molar-refractivity contribution in [2.75, 3.05) is 25.2 Å². The van der Waals surface area contributed by atoms with Gasteiger partial charge in [-0.05, 0) is 49.9 Å². The maximum Gasteiger partial charge on any atom is 0.264 e. The molecule has 0 aliphatic heterocycles. The summed E-state index contributed by atoms with van der Waals surface area (Å²) in [5.41, 5.74) is 1.01. The molecule has 0 unspecified atom stereocenters. The Bertz CT molecular complexity index is 635. The highest BCUT2D eigenvalue weighted by Gasteiger charge is 2.30. The van der Waals surface area contributed by atoms with E-state index in [9.17, 15) is 8.42 Å². The molecule has 0 spiro atoms. The minimum atomic E-state index is -3.42. The maximum atomic E-state index is 11.5. The zero-order valence-corrected chi connectivity index (χ0v) is 18.5. The summed E-state index contributed by atoms with van der Waals surface area (Å²) in [6.07, 6.45) is 6.06. The minimum absolute atomic E-state index is 0.122. The number of benzene rings is 1. The highest BCUT2D eigenvalue weighted by atomic mass is 32.2. The van der Waals surface area contributed by atoms with Crippen LogP contribution in [0.2, 0.25) is 0 Å². The molecular formula is C20H34O4S2. The predicted molar refractivity (Wildman–Crippen MR) is 111 cm³/mol. The molecule has 0 radical (unpaired) electrons. The Kier molecular flexibility index (Phi) is 10.0. The van der Waals surface area contributed by atoms with Crippen LogP contribution in [-0.4, -0.2) is 33.6 Å². The van der Waals surface area contributed by atoms with Crippen molar-refractivity contribution >= 4 is 21.9 Å². The standard InChI is InChI=1S/C20H34O4S2/c1-6-11-20(12-7-2,15-24-26(5,21)22)16-25-18-9-10-19(17(4)14-18)23-13-8-3/h9-10,14H,6-8,11-13,15-16H2,1-5H3. The Labute approximate surface area is 164 Å². The quantitative estimate of drug-likeness (QED) is 0.325. The summed E-state index contributed by atoms with van der Waals surface area (Å²) < 4.78 is 33.9. The fourth-order valence-corrected chi connectivity index (χ4v) is 4.80. The fourth-order valence-electron chi connectivity index (χ4n) is 3.07. The average Bonchev–Trinajstić information content (AvgIpc) is 2.57. The number of ether oxygens (including phenoxy) is 1. The molecule has 1 aromatic rings. The van der Waals surface area contributed by atoms with Gasteiger partial charge in [-0.1, -0.05) is 33.6 Å².